The van der Waals surface area contributed by atoms with Crippen LogP contribution in [0.2, 0.25) is 0 Å². The first-order valence-corrected chi connectivity index (χ1v) is 16.8. The molecule has 0 unspecified atom stereocenters. The van der Waals surface area contributed by atoms with E-state index >= 15 is 0 Å². The molecule has 10 rings (SSSR count). The molecule has 0 amide bonds. The van der Waals surface area contributed by atoms with Crippen molar-refractivity contribution in [2.75, 3.05) is 0 Å². The van der Waals surface area contributed by atoms with Crippen molar-refractivity contribution in [1.29, 1.82) is 0 Å². The van der Waals surface area contributed by atoms with Gasteiger partial charge in [-0.25, -0.2) is 4.98 Å². The Hall–Kier alpha value is -5.77. The second kappa shape index (κ2) is 10.1. The van der Waals surface area contributed by atoms with Crippen molar-refractivity contribution in [3.8, 4) is 33.7 Å². The van der Waals surface area contributed by atoms with E-state index in [-0.39, 0.29) is 0 Å². The van der Waals surface area contributed by atoms with Crippen LogP contribution >= 0.6 is 11.3 Å². The second-order valence-electron chi connectivity index (χ2n) is 12.3. The van der Waals surface area contributed by atoms with Crippen LogP contribution in [-0.2, 0) is 5.41 Å². The zero-order valence-corrected chi connectivity index (χ0v) is 26.2. The van der Waals surface area contributed by atoms with Crippen molar-refractivity contribution in [1.82, 2.24) is 4.98 Å². The molecule has 0 N–H and O–H groups in total. The van der Waals surface area contributed by atoms with Crippen LogP contribution in [0.5, 0.6) is 0 Å². The van der Waals surface area contributed by atoms with Crippen molar-refractivity contribution in [3.05, 3.63) is 186 Å². The van der Waals surface area contributed by atoms with E-state index in [0.717, 1.165) is 16.7 Å². The van der Waals surface area contributed by atoms with Gasteiger partial charge in [-0.05, 0) is 80.9 Å². The molecule has 47 heavy (non-hydrogen) atoms. The number of para-hydroxylation sites is 2. The molecule has 2 aromatic heterocycles. The molecule has 1 aliphatic carbocycles. The number of rotatable bonds is 4. The van der Waals surface area contributed by atoms with Crippen molar-refractivity contribution in [2.45, 2.75) is 5.41 Å². The van der Waals surface area contributed by atoms with Crippen LogP contribution in [0.25, 0.3) is 65.0 Å². The van der Waals surface area contributed by atoms with Gasteiger partial charge in [0, 0.05) is 25.7 Å². The molecule has 220 valence electrons. The van der Waals surface area contributed by atoms with E-state index in [1.165, 1.54) is 64.7 Å². The number of aromatic nitrogens is 1. The van der Waals surface area contributed by atoms with Gasteiger partial charge in [0.25, 0.3) is 0 Å². The van der Waals surface area contributed by atoms with Crippen LogP contribution in [-0.4, -0.2) is 4.98 Å². The topological polar surface area (TPSA) is 26.0 Å². The van der Waals surface area contributed by atoms with Crippen LogP contribution in [0.3, 0.4) is 0 Å². The summed E-state index contributed by atoms with van der Waals surface area (Å²) < 4.78 is 8.95. The van der Waals surface area contributed by atoms with Gasteiger partial charge < -0.3 is 4.42 Å². The number of fused-ring (bicyclic) bond motifs is 7. The van der Waals surface area contributed by atoms with Crippen LogP contribution < -0.4 is 0 Å². The van der Waals surface area contributed by atoms with Gasteiger partial charge in [-0.1, -0.05) is 127 Å². The maximum atomic E-state index is 6.30. The lowest BCUT2D eigenvalue weighted by Crippen LogP contribution is -2.28. The average molecular weight is 618 g/mol. The van der Waals surface area contributed by atoms with Crippen LogP contribution in [0.15, 0.2) is 168 Å². The van der Waals surface area contributed by atoms with Crippen LogP contribution in [0.4, 0.5) is 0 Å². The van der Waals surface area contributed by atoms with Gasteiger partial charge in [0.2, 0.25) is 5.89 Å². The molecule has 7 aromatic carbocycles. The highest BCUT2D eigenvalue weighted by molar-refractivity contribution is 7.26. The molecule has 0 radical (unpaired) electrons. The van der Waals surface area contributed by atoms with E-state index in [4.69, 9.17) is 9.40 Å². The molecule has 0 spiro atoms. The Morgan fingerprint density at radius 2 is 1.11 bits per heavy atom. The predicted octanol–water partition coefficient (Wildman–Crippen LogP) is 11.9. The minimum Gasteiger partial charge on any atom is -0.436 e. The SMILES string of the molecule is c1ccc(C2(c3ccccc3)c3cc(-c4nc5ccccc5o4)ccc3-c3ccc(-c4cccc5c4sc4ccccc45)cc32)cc1. The molecule has 0 bridgehead atoms. The molecule has 0 fully saturated rings. The Balaban J connectivity index is 1.27. The van der Waals surface area contributed by atoms with Crippen molar-refractivity contribution < 1.29 is 4.42 Å². The lowest BCUT2D eigenvalue weighted by Gasteiger charge is -2.34. The van der Waals surface area contributed by atoms with Crippen molar-refractivity contribution in [3.63, 3.8) is 0 Å². The zero-order valence-electron chi connectivity index (χ0n) is 25.4. The molecule has 1 aliphatic rings. The summed E-state index contributed by atoms with van der Waals surface area (Å²) in [5.41, 5.74) is 12.1. The van der Waals surface area contributed by atoms with Gasteiger partial charge in [0.1, 0.15) is 5.52 Å². The predicted molar refractivity (Wildman–Crippen MR) is 195 cm³/mol. The highest BCUT2D eigenvalue weighted by atomic mass is 32.1. The first-order valence-electron chi connectivity index (χ1n) is 16.0. The summed E-state index contributed by atoms with van der Waals surface area (Å²) in [6.07, 6.45) is 0. The Kier molecular flexibility index (Phi) is 5.69. The Bertz CT molecular complexity index is 2560. The van der Waals surface area contributed by atoms with Crippen LogP contribution in [0, 0.1) is 0 Å². The van der Waals surface area contributed by atoms with Gasteiger partial charge >= 0.3 is 0 Å². The van der Waals surface area contributed by atoms with Gasteiger partial charge in [0.05, 0.1) is 5.41 Å². The van der Waals surface area contributed by atoms with Crippen molar-refractivity contribution >= 4 is 42.6 Å². The molecule has 0 saturated heterocycles. The maximum absolute atomic E-state index is 6.30. The van der Waals surface area contributed by atoms with E-state index in [0.29, 0.717) is 5.89 Å². The first kappa shape index (κ1) is 26.4. The number of hydrogen-bond donors (Lipinski definition) is 0. The molecule has 2 nitrogen and oxygen atoms in total. The highest BCUT2D eigenvalue weighted by Gasteiger charge is 2.46. The summed E-state index contributed by atoms with van der Waals surface area (Å²) in [7, 11) is 0. The Morgan fingerprint density at radius 1 is 0.489 bits per heavy atom. The maximum Gasteiger partial charge on any atom is 0.227 e. The zero-order chi connectivity index (χ0) is 31.0. The summed E-state index contributed by atoms with van der Waals surface area (Å²) in [5.74, 6) is 0.636. The molecule has 3 heteroatoms. The van der Waals surface area contributed by atoms with Gasteiger partial charge in [0.15, 0.2) is 5.58 Å². The number of hydrogen-bond acceptors (Lipinski definition) is 3. The highest BCUT2D eigenvalue weighted by Crippen LogP contribution is 2.57. The number of oxazole rings is 1. The van der Waals surface area contributed by atoms with E-state index in [2.05, 4.69) is 140 Å². The van der Waals surface area contributed by atoms with Gasteiger partial charge in [-0.3, -0.25) is 0 Å². The van der Waals surface area contributed by atoms with E-state index < -0.39 is 5.41 Å². The van der Waals surface area contributed by atoms with Crippen molar-refractivity contribution in [2.24, 2.45) is 0 Å². The second-order valence-corrected chi connectivity index (χ2v) is 13.3. The fraction of sp³-hybridized carbons (Fsp3) is 0.0227. The minimum absolute atomic E-state index is 0.542. The molecule has 0 atom stereocenters. The lowest BCUT2D eigenvalue weighted by atomic mass is 9.67. The average Bonchev–Trinajstić information content (AvgIpc) is 3.83. The third-order valence-electron chi connectivity index (χ3n) is 9.81. The number of thiophene rings is 1. The van der Waals surface area contributed by atoms with E-state index in [1.807, 2.05) is 35.6 Å². The summed E-state index contributed by atoms with van der Waals surface area (Å²) in [6.45, 7) is 0. The Labute approximate surface area is 276 Å². The Morgan fingerprint density at radius 3 is 1.85 bits per heavy atom. The molecule has 9 aromatic rings. The summed E-state index contributed by atoms with van der Waals surface area (Å²) in [5, 5.41) is 2.63. The third kappa shape index (κ3) is 3.81. The molecule has 2 heterocycles. The van der Waals surface area contributed by atoms with Crippen LogP contribution in [0.1, 0.15) is 22.3 Å². The summed E-state index contributed by atoms with van der Waals surface area (Å²) in [6, 6.07) is 59.2. The van der Waals surface area contributed by atoms with E-state index in [9.17, 15) is 0 Å². The third-order valence-corrected chi connectivity index (χ3v) is 11.0. The molecular weight excluding hydrogens is 591 g/mol. The molecular formula is C44H27NOS. The minimum atomic E-state index is -0.542. The normalized spacial score (nSPS) is 13.3. The number of benzene rings is 7. The fourth-order valence-corrected chi connectivity index (χ4v) is 9.00. The fourth-order valence-electron chi connectivity index (χ4n) is 7.76. The largest absolute Gasteiger partial charge is 0.436 e. The lowest BCUT2D eigenvalue weighted by molar-refractivity contribution is 0.619. The number of nitrogens with zero attached hydrogens (tertiary/aromatic N) is 1. The monoisotopic (exact) mass is 617 g/mol. The van der Waals surface area contributed by atoms with Gasteiger partial charge in [-0.15, -0.1) is 11.3 Å². The molecule has 0 saturated carbocycles. The summed E-state index contributed by atoms with van der Waals surface area (Å²) >= 11 is 1.88. The quantitative estimate of drug-likeness (QED) is 0.196. The van der Waals surface area contributed by atoms with Gasteiger partial charge in [-0.2, -0.15) is 0 Å². The van der Waals surface area contributed by atoms with E-state index in [1.54, 1.807) is 0 Å². The molecule has 0 aliphatic heterocycles. The smallest absolute Gasteiger partial charge is 0.227 e. The summed E-state index contributed by atoms with van der Waals surface area (Å²) in [4.78, 5) is 4.89. The first-order chi connectivity index (χ1) is 23.3. The standard InChI is InChI=1S/C44H27NOS/c1-3-12-30(13-4-1)44(31-14-5-2-6-15-31)37-26-28(32-17-11-18-36-35-16-7-10-21-41(35)47-42(32)36)22-24-33(37)34-25-23-29(27-38(34)44)43-45-39-19-8-9-20-40(39)46-43/h1-27H.